The van der Waals surface area contributed by atoms with Crippen LogP contribution >= 0.6 is 0 Å². The van der Waals surface area contributed by atoms with Crippen molar-refractivity contribution < 1.29 is 39.0 Å². The fourth-order valence-electron chi connectivity index (χ4n) is 7.55. The smallest absolute Gasteiger partial charge is 0.300 e. The summed E-state index contributed by atoms with van der Waals surface area (Å²) < 4.78 is 4.18. The molecule has 506 valence electrons. The summed E-state index contributed by atoms with van der Waals surface area (Å²) >= 11 is 0. The zero-order valence-corrected chi connectivity index (χ0v) is 58.7. The summed E-state index contributed by atoms with van der Waals surface area (Å²) in [6.07, 6.45) is 23.7. The van der Waals surface area contributed by atoms with Crippen molar-refractivity contribution in [2.75, 3.05) is 39.3 Å². The minimum Gasteiger partial charge on any atom is -0.481 e. The van der Waals surface area contributed by atoms with Crippen LogP contribution in [0.25, 0.3) is 20.9 Å². The Balaban J connectivity index is -0.000000142. The number of fused-ring (bicyclic) bond motifs is 2. The molecule has 3 atom stereocenters. The van der Waals surface area contributed by atoms with Crippen molar-refractivity contribution in [1.29, 1.82) is 0 Å². The van der Waals surface area contributed by atoms with E-state index in [4.69, 9.17) is 30.9 Å². The van der Waals surface area contributed by atoms with Crippen LogP contribution in [-0.4, -0.2) is 110 Å². The van der Waals surface area contributed by atoms with Crippen LogP contribution in [0.4, 0.5) is 0 Å². The van der Waals surface area contributed by atoms with Gasteiger partial charge in [-0.05, 0) is 131 Å². The normalized spacial score (nSPS) is 14.1. The molecular weight excluding hydrogens is 1110 g/mol. The fourth-order valence-corrected chi connectivity index (χ4v) is 7.55. The minimum absolute atomic E-state index is 0.0303. The van der Waals surface area contributed by atoms with Crippen molar-refractivity contribution in [1.82, 2.24) is 46.0 Å². The van der Waals surface area contributed by atoms with E-state index in [1.165, 1.54) is 101 Å². The average molecular weight is 1230 g/mol. The first kappa shape index (κ1) is 96.7. The van der Waals surface area contributed by atoms with Gasteiger partial charge in [-0.15, -0.1) is 16.9 Å². The third-order valence-electron chi connectivity index (χ3n) is 11.4. The quantitative estimate of drug-likeness (QED) is 0.0302. The van der Waals surface area contributed by atoms with Crippen LogP contribution in [0.2, 0.25) is 0 Å². The molecule has 0 aliphatic heterocycles. The molecule has 5 rings (SSSR count). The molecule has 2 heterocycles. The number of nitrogens with one attached hydrogen (secondary N) is 4. The van der Waals surface area contributed by atoms with Gasteiger partial charge >= 0.3 is 0 Å². The van der Waals surface area contributed by atoms with E-state index >= 15 is 0 Å². The van der Waals surface area contributed by atoms with E-state index in [1.54, 1.807) is 13.8 Å². The highest BCUT2D eigenvalue weighted by Crippen LogP contribution is 2.24. The van der Waals surface area contributed by atoms with Crippen LogP contribution in [0.1, 0.15) is 264 Å². The molecule has 0 saturated carbocycles. The molecule has 87 heavy (non-hydrogen) atoms. The average Bonchev–Trinajstić information content (AvgIpc) is 3.36. The fraction of sp³-hybridized carbons (Fsp3) is 0.797. The van der Waals surface area contributed by atoms with E-state index in [2.05, 4.69) is 94.0 Å². The zero-order chi connectivity index (χ0) is 68.7. The third-order valence-corrected chi connectivity index (χ3v) is 11.4. The van der Waals surface area contributed by atoms with Gasteiger partial charge in [0.05, 0.1) is 17.6 Å². The number of carbonyl (C=O) groups excluding carboxylic acids is 4. The van der Waals surface area contributed by atoms with Crippen LogP contribution in [0.3, 0.4) is 0 Å². The Morgan fingerprint density at radius 2 is 0.874 bits per heavy atom. The highest BCUT2D eigenvalue weighted by Gasteiger charge is 2.18. The Bertz CT molecular complexity index is 1950. The van der Waals surface area contributed by atoms with E-state index in [1.807, 2.05) is 94.0 Å². The summed E-state index contributed by atoms with van der Waals surface area (Å²) in [7, 11) is 0. The van der Waals surface area contributed by atoms with Crippen molar-refractivity contribution in [3.63, 3.8) is 0 Å². The number of azide groups is 2. The van der Waals surface area contributed by atoms with Crippen LogP contribution in [0.15, 0.2) is 16.4 Å². The molecule has 0 spiro atoms. The second-order valence-electron chi connectivity index (χ2n) is 18.8. The van der Waals surface area contributed by atoms with E-state index in [9.17, 15) is 19.2 Å². The standard InChI is InChI=1S/C15H25N3O.C14H24N4O.C9H14.2C5H10N4O.2C2H4O2.6C2H6/c1-12-5-3-6-14-11-17-18(15(14)8-7-12)10-4-9-16-13(2)19;1-11-5-3-6-13-14(8-7-11)18(17-16-13)10-4-9-15-12(2)19;1-9-7-5-3-2-4-6-8-9;2*1-5(10)7-3-2-4-8-9-6;2*1-2(3)4;6*1-2/h11-12H,3-10H2,1-2H3,(H,16,19);11H,3-10H2,1-2H3,(H,15,19);9H,3,5-8H2,1H3;2*2-4H2,1H3,(H,7,10);2*1H3,(H,3,4);6*1-2H3. The largest absolute Gasteiger partial charge is 0.481 e. The number of aromatic nitrogens is 5. The van der Waals surface area contributed by atoms with Crippen LogP contribution in [0.5, 0.6) is 0 Å². The Morgan fingerprint density at radius 1 is 0.517 bits per heavy atom. The molecule has 0 saturated heterocycles. The van der Waals surface area contributed by atoms with Gasteiger partial charge < -0.3 is 31.5 Å². The molecule has 6 N–H and O–H groups in total. The van der Waals surface area contributed by atoms with Gasteiger partial charge in [0.25, 0.3) is 11.9 Å². The number of carboxylic acid groups (broad SMARTS) is 2. The van der Waals surface area contributed by atoms with E-state index in [-0.39, 0.29) is 23.6 Å². The van der Waals surface area contributed by atoms with Gasteiger partial charge in [0.15, 0.2) is 0 Å². The number of hydrogen-bond donors (Lipinski definition) is 6. The number of rotatable bonds is 16. The van der Waals surface area contributed by atoms with Crippen molar-refractivity contribution >= 4 is 35.6 Å². The topological polar surface area (TPSA) is 337 Å². The molecule has 23 heteroatoms. The van der Waals surface area contributed by atoms with E-state index in [0.717, 1.165) is 96.2 Å². The summed E-state index contributed by atoms with van der Waals surface area (Å²) in [5.41, 5.74) is 21.1. The van der Waals surface area contributed by atoms with Gasteiger partial charge in [-0.2, -0.15) is 5.10 Å². The summed E-state index contributed by atoms with van der Waals surface area (Å²) in [6, 6.07) is 0. The molecule has 0 bridgehead atoms. The first-order valence-electron chi connectivity index (χ1n) is 32.5. The maximum absolute atomic E-state index is 10.8. The summed E-state index contributed by atoms with van der Waals surface area (Å²) in [4.78, 5) is 65.3. The third kappa shape index (κ3) is 75.4. The molecule has 2 aromatic rings. The summed E-state index contributed by atoms with van der Waals surface area (Å²) in [6.45, 7) is 44.4. The van der Waals surface area contributed by atoms with Crippen LogP contribution in [-0.2, 0) is 67.5 Å². The lowest BCUT2D eigenvalue weighted by Crippen LogP contribution is -2.22. The molecule has 3 unspecified atom stereocenters. The van der Waals surface area contributed by atoms with Gasteiger partial charge in [-0.1, -0.05) is 132 Å². The first-order chi connectivity index (χ1) is 41.7. The molecule has 0 fully saturated rings. The summed E-state index contributed by atoms with van der Waals surface area (Å²) in [5, 5.41) is 45.4. The molecule has 3 aliphatic carbocycles. The maximum atomic E-state index is 10.8. The van der Waals surface area contributed by atoms with Crippen molar-refractivity contribution in [2.45, 2.75) is 280 Å². The molecule has 0 radical (unpaired) electrons. The molecule has 3 aliphatic rings. The molecule has 2 aromatic heterocycles. The highest BCUT2D eigenvalue weighted by atomic mass is 16.4. The maximum Gasteiger partial charge on any atom is 0.300 e. The second kappa shape index (κ2) is 77.4. The van der Waals surface area contributed by atoms with Gasteiger partial charge in [-0.25, -0.2) is 4.68 Å². The van der Waals surface area contributed by atoms with Gasteiger partial charge in [0, 0.05) is 122 Å². The SMILES string of the molecule is CC.CC.CC.CC.CC.CC.CC(=O)NCCCN=[N+]=[N-].CC(=O)NCCCN=[N+]=[N-].CC(=O)NCCCn1ncc2c1CCC(C)CCC2.CC(=O)NCCCn1nnc2c1CCC(C)CCC2.CC(=O)O.CC(=O)O.CC1CCC#CCCC1. The Morgan fingerprint density at radius 3 is 1.29 bits per heavy atom. The minimum atomic E-state index is -0.833. The second-order valence-corrected chi connectivity index (χ2v) is 18.8. The van der Waals surface area contributed by atoms with Crippen LogP contribution in [0, 0.1) is 29.6 Å². The number of hydrogen-bond acceptors (Lipinski definition) is 11. The van der Waals surface area contributed by atoms with Crippen LogP contribution < -0.4 is 21.3 Å². The molecule has 23 nitrogen and oxygen atoms in total. The monoisotopic (exact) mass is 1230 g/mol. The predicted octanol–water partition coefficient (Wildman–Crippen LogP) is 14.6. The highest BCUT2D eigenvalue weighted by molar-refractivity contribution is 5.73. The first-order valence-corrected chi connectivity index (χ1v) is 32.5. The Kier molecular flexibility index (Phi) is 85.9. The summed E-state index contributed by atoms with van der Waals surface area (Å²) in [5.74, 6) is 7.17. The van der Waals surface area contributed by atoms with E-state index in [0.29, 0.717) is 45.6 Å². The molecule has 0 aromatic carbocycles. The number of aryl methyl sites for hydroxylation is 4. The van der Waals surface area contributed by atoms with Gasteiger partial charge in [0.1, 0.15) is 0 Å². The number of carbonyl (C=O) groups is 6. The Hall–Kier alpha value is -6.65. The predicted molar refractivity (Wildman–Crippen MR) is 359 cm³/mol. The lowest BCUT2D eigenvalue weighted by molar-refractivity contribution is -0.135. The number of nitrogens with zero attached hydrogens (tertiary/aromatic N) is 11. The zero-order valence-electron chi connectivity index (χ0n) is 58.7. The Labute approximate surface area is 527 Å². The number of aliphatic carboxylic acids is 2. The number of carboxylic acids is 2. The van der Waals surface area contributed by atoms with Gasteiger partial charge in [-0.3, -0.25) is 33.4 Å². The van der Waals surface area contributed by atoms with Crippen molar-refractivity contribution in [3.8, 4) is 11.8 Å². The lowest BCUT2D eigenvalue weighted by atomic mass is 9.92. The number of amides is 4. The van der Waals surface area contributed by atoms with Crippen molar-refractivity contribution in [2.24, 2.45) is 28.0 Å². The van der Waals surface area contributed by atoms with E-state index < -0.39 is 11.9 Å². The van der Waals surface area contributed by atoms with Crippen molar-refractivity contribution in [3.05, 3.63) is 49.7 Å². The molecular formula is C64H127N15O8. The van der Waals surface area contributed by atoms with Gasteiger partial charge in [0.2, 0.25) is 23.6 Å². The lowest BCUT2D eigenvalue weighted by Gasteiger charge is -2.17. The molecule has 4 amide bonds.